The number of rotatable bonds is 3. The van der Waals surface area contributed by atoms with Gasteiger partial charge in [0.2, 0.25) is 0 Å². The quantitative estimate of drug-likeness (QED) is 0.731. The molecular formula is C22H24N2. The van der Waals surface area contributed by atoms with E-state index in [1.807, 2.05) is 0 Å². The summed E-state index contributed by atoms with van der Waals surface area (Å²) >= 11 is 0. The van der Waals surface area contributed by atoms with Crippen LogP contribution in [0.1, 0.15) is 24.8 Å². The molecule has 1 N–H and O–H groups in total. The number of H-pyrrole nitrogens is 1. The zero-order valence-electron chi connectivity index (χ0n) is 14.0. The van der Waals surface area contributed by atoms with Crippen molar-refractivity contribution in [2.75, 3.05) is 13.1 Å². The van der Waals surface area contributed by atoms with Crippen LogP contribution < -0.4 is 0 Å². The number of aromatic nitrogens is 1. The molecule has 0 aliphatic carbocycles. The Hall–Kier alpha value is -2.06. The van der Waals surface area contributed by atoms with Gasteiger partial charge in [0.15, 0.2) is 0 Å². The average molecular weight is 316 g/mol. The van der Waals surface area contributed by atoms with Crippen molar-refractivity contribution in [1.29, 1.82) is 0 Å². The second-order valence-corrected chi connectivity index (χ2v) is 7.54. The molecule has 2 nitrogen and oxygen atoms in total. The smallest absolute Gasteiger partial charge is 0.0464 e. The molecule has 3 fully saturated rings. The lowest BCUT2D eigenvalue weighted by atomic mass is 9.81. The number of nitrogens with zero attached hydrogens (tertiary/aromatic N) is 1. The van der Waals surface area contributed by atoms with Crippen LogP contribution in [0.2, 0.25) is 0 Å². The van der Waals surface area contributed by atoms with Crippen LogP contribution in [-0.2, 0) is 6.42 Å². The second kappa shape index (κ2) is 5.78. The molecule has 2 aromatic carbocycles. The minimum Gasteiger partial charge on any atom is -0.355 e. The number of fused-ring (bicyclic) bond motifs is 4. The van der Waals surface area contributed by atoms with Gasteiger partial charge in [-0.15, -0.1) is 0 Å². The largest absolute Gasteiger partial charge is 0.355 e. The van der Waals surface area contributed by atoms with Crippen LogP contribution in [0.4, 0.5) is 0 Å². The first-order valence-corrected chi connectivity index (χ1v) is 9.26. The fourth-order valence-electron chi connectivity index (χ4n) is 4.67. The Labute approximate surface area is 143 Å². The third kappa shape index (κ3) is 2.55. The van der Waals surface area contributed by atoms with E-state index in [1.165, 1.54) is 66.5 Å². The number of benzene rings is 2. The molecule has 122 valence electrons. The summed E-state index contributed by atoms with van der Waals surface area (Å²) in [5.41, 5.74) is 5.22. The molecule has 0 saturated carbocycles. The summed E-state index contributed by atoms with van der Waals surface area (Å²) in [6, 6.07) is 20.7. The molecule has 6 rings (SSSR count). The highest BCUT2D eigenvalue weighted by Crippen LogP contribution is 2.34. The molecule has 3 saturated heterocycles. The molecule has 4 heterocycles. The van der Waals surface area contributed by atoms with E-state index in [-0.39, 0.29) is 0 Å². The van der Waals surface area contributed by atoms with Gasteiger partial charge >= 0.3 is 0 Å². The fraction of sp³-hybridized carbons (Fsp3) is 0.364. The highest BCUT2D eigenvalue weighted by Gasteiger charge is 2.33. The van der Waals surface area contributed by atoms with E-state index in [4.69, 9.17) is 0 Å². The summed E-state index contributed by atoms with van der Waals surface area (Å²) in [6.07, 6.45) is 5.44. The van der Waals surface area contributed by atoms with Crippen molar-refractivity contribution in [1.82, 2.24) is 9.88 Å². The maximum atomic E-state index is 3.56. The van der Waals surface area contributed by atoms with Crippen LogP contribution in [0, 0.1) is 5.92 Å². The van der Waals surface area contributed by atoms with Gasteiger partial charge in [-0.05, 0) is 74.0 Å². The Bertz CT molecular complexity index is 822. The molecule has 0 amide bonds. The molecule has 2 bridgehead atoms. The Kier molecular flexibility index (Phi) is 3.45. The standard InChI is InChI=1S/C22H24N2/c1-2-7-21-19(5-1)15-22(23-21)18-6-3-4-17(12-18)14-20-13-16-8-10-24(20)11-9-16/h1-7,12,15-16,20,23H,8-11,13-14H2. The van der Waals surface area contributed by atoms with Crippen molar-refractivity contribution in [2.24, 2.45) is 5.92 Å². The topological polar surface area (TPSA) is 19.0 Å². The lowest BCUT2D eigenvalue weighted by Gasteiger charge is -2.45. The van der Waals surface area contributed by atoms with Crippen molar-refractivity contribution in [2.45, 2.75) is 31.7 Å². The van der Waals surface area contributed by atoms with Gasteiger partial charge in [-0.1, -0.05) is 36.4 Å². The monoisotopic (exact) mass is 316 g/mol. The number of piperidine rings is 3. The first-order chi connectivity index (χ1) is 11.8. The van der Waals surface area contributed by atoms with Gasteiger partial charge in [-0.2, -0.15) is 0 Å². The van der Waals surface area contributed by atoms with Gasteiger partial charge in [-0.25, -0.2) is 0 Å². The number of hydrogen-bond acceptors (Lipinski definition) is 1. The zero-order chi connectivity index (χ0) is 15.9. The van der Waals surface area contributed by atoms with Crippen LogP contribution in [-0.4, -0.2) is 29.0 Å². The SMILES string of the molecule is c1cc(CC2CC3CCN2CC3)cc(-c2cc3ccccc3[nH]2)c1. The molecular weight excluding hydrogens is 292 g/mol. The van der Waals surface area contributed by atoms with E-state index in [2.05, 4.69) is 64.5 Å². The van der Waals surface area contributed by atoms with Gasteiger partial charge in [0.1, 0.15) is 0 Å². The summed E-state index contributed by atoms with van der Waals surface area (Å²) in [6.45, 7) is 2.63. The van der Waals surface area contributed by atoms with Crippen LogP contribution in [0.3, 0.4) is 0 Å². The molecule has 3 aromatic rings. The van der Waals surface area contributed by atoms with Gasteiger partial charge in [0, 0.05) is 22.6 Å². The maximum Gasteiger partial charge on any atom is 0.0464 e. The summed E-state index contributed by atoms with van der Waals surface area (Å²) in [5.74, 6) is 0.983. The molecule has 2 heteroatoms. The lowest BCUT2D eigenvalue weighted by Crippen LogP contribution is -2.49. The predicted molar refractivity (Wildman–Crippen MR) is 100 cm³/mol. The normalized spacial score (nSPS) is 26.1. The Morgan fingerprint density at radius 1 is 0.958 bits per heavy atom. The van der Waals surface area contributed by atoms with Gasteiger partial charge in [0.05, 0.1) is 0 Å². The molecule has 1 aromatic heterocycles. The molecule has 3 aliphatic heterocycles. The van der Waals surface area contributed by atoms with Gasteiger partial charge < -0.3 is 9.88 Å². The van der Waals surface area contributed by atoms with E-state index >= 15 is 0 Å². The average Bonchev–Trinajstić information content (AvgIpc) is 3.07. The van der Waals surface area contributed by atoms with Crippen LogP contribution in [0.15, 0.2) is 54.6 Å². The van der Waals surface area contributed by atoms with E-state index in [9.17, 15) is 0 Å². The lowest BCUT2D eigenvalue weighted by molar-refractivity contribution is 0.0498. The zero-order valence-corrected chi connectivity index (χ0v) is 14.0. The van der Waals surface area contributed by atoms with Crippen molar-refractivity contribution < 1.29 is 0 Å². The third-order valence-electron chi connectivity index (χ3n) is 6.01. The molecule has 1 atom stereocenters. The highest BCUT2D eigenvalue weighted by molar-refractivity contribution is 5.85. The maximum absolute atomic E-state index is 3.56. The van der Waals surface area contributed by atoms with E-state index in [0.717, 1.165) is 12.0 Å². The third-order valence-corrected chi connectivity index (χ3v) is 6.01. The summed E-state index contributed by atoms with van der Waals surface area (Å²) < 4.78 is 0. The number of para-hydroxylation sites is 1. The number of nitrogens with one attached hydrogen (secondary N) is 1. The number of aromatic amines is 1. The Balaban J connectivity index is 1.41. The minimum atomic E-state index is 0.760. The van der Waals surface area contributed by atoms with E-state index in [1.54, 1.807) is 0 Å². The molecule has 3 aliphatic rings. The predicted octanol–water partition coefficient (Wildman–Crippen LogP) is 4.86. The van der Waals surface area contributed by atoms with E-state index < -0.39 is 0 Å². The fourth-order valence-corrected chi connectivity index (χ4v) is 4.67. The molecule has 24 heavy (non-hydrogen) atoms. The summed E-state index contributed by atoms with van der Waals surface area (Å²) in [5, 5.41) is 1.29. The van der Waals surface area contributed by atoms with Crippen LogP contribution in [0.5, 0.6) is 0 Å². The molecule has 0 spiro atoms. The van der Waals surface area contributed by atoms with Gasteiger partial charge in [0.25, 0.3) is 0 Å². The highest BCUT2D eigenvalue weighted by atomic mass is 15.2. The molecule has 0 radical (unpaired) electrons. The minimum absolute atomic E-state index is 0.760. The van der Waals surface area contributed by atoms with Crippen molar-refractivity contribution in [3.05, 3.63) is 60.2 Å². The van der Waals surface area contributed by atoms with E-state index in [0.29, 0.717) is 0 Å². The number of hydrogen-bond donors (Lipinski definition) is 1. The first-order valence-electron chi connectivity index (χ1n) is 9.26. The first kappa shape index (κ1) is 14.3. The van der Waals surface area contributed by atoms with Crippen molar-refractivity contribution >= 4 is 10.9 Å². The van der Waals surface area contributed by atoms with Crippen molar-refractivity contribution in [3.63, 3.8) is 0 Å². The van der Waals surface area contributed by atoms with Crippen LogP contribution >= 0.6 is 0 Å². The Morgan fingerprint density at radius 2 is 1.83 bits per heavy atom. The summed E-state index contributed by atoms with van der Waals surface area (Å²) in [7, 11) is 0. The Morgan fingerprint density at radius 3 is 2.62 bits per heavy atom. The second-order valence-electron chi connectivity index (χ2n) is 7.54. The van der Waals surface area contributed by atoms with Gasteiger partial charge in [-0.3, -0.25) is 0 Å². The molecule has 1 unspecified atom stereocenters. The van der Waals surface area contributed by atoms with Crippen molar-refractivity contribution in [3.8, 4) is 11.3 Å². The van der Waals surface area contributed by atoms with Crippen LogP contribution in [0.25, 0.3) is 22.2 Å². The summed E-state index contributed by atoms with van der Waals surface area (Å²) in [4.78, 5) is 6.28.